The van der Waals surface area contributed by atoms with E-state index in [0.717, 1.165) is 0 Å². The quantitative estimate of drug-likeness (QED) is 0.324. The fourth-order valence-electron chi connectivity index (χ4n) is 4.01. The summed E-state index contributed by atoms with van der Waals surface area (Å²) < 4.78 is 40.8. The Kier molecular flexibility index (Phi) is 6.43. The van der Waals surface area contributed by atoms with Crippen LogP contribution >= 0.6 is 0 Å². The Morgan fingerprint density at radius 1 is 0.895 bits per heavy atom. The van der Waals surface area contributed by atoms with Crippen molar-refractivity contribution in [2.24, 2.45) is 0 Å². The Balaban J connectivity index is 1.59. The summed E-state index contributed by atoms with van der Waals surface area (Å²) in [5.74, 6) is 0.579. The van der Waals surface area contributed by atoms with E-state index in [0.29, 0.717) is 39.2 Å². The third kappa shape index (κ3) is 4.62. The Morgan fingerprint density at radius 3 is 2.32 bits per heavy atom. The Morgan fingerprint density at radius 2 is 1.63 bits per heavy atom. The van der Waals surface area contributed by atoms with E-state index in [-0.39, 0.29) is 22.3 Å². The molecule has 0 aliphatic carbocycles. The van der Waals surface area contributed by atoms with Crippen molar-refractivity contribution < 1.29 is 17.9 Å². The molecule has 0 aliphatic rings. The molecular formula is C27H23N5O5S. The maximum absolute atomic E-state index is 13.4. The first-order valence-electron chi connectivity index (χ1n) is 11.4. The average Bonchev–Trinajstić information content (AvgIpc) is 2.93. The van der Waals surface area contributed by atoms with Crippen LogP contribution in [0.2, 0.25) is 0 Å². The number of ether oxygens (including phenoxy) is 2. The van der Waals surface area contributed by atoms with Gasteiger partial charge in [0.25, 0.3) is 15.6 Å². The van der Waals surface area contributed by atoms with Gasteiger partial charge >= 0.3 is 0 Å². The molecular weight excluding hydrogens is 506 g/mol. The lowest BCUT2D eigenvalue weighted by Crippen LogP contribution is -2.23. The molecule has 0 fully saturated rings. The summed E-state index contributed by atoms with van der Waals surface area (Å²) in [4.78, 5) is 21.8. The third-order valence-electron chi connectivity index (χ3n) is 5.89. The number of nitrogens with two attached hydrogens (primary N) is 1. The minimum atomic E-state index is -4.08. The number of anilines is 2. The van der Waals surface area contributed by atoms with Crippen molar-refractivity contribution in [1.82, 2.24) is 14.5 Å². The maximum Gasteiger partial charge on any atom is 0.267 e. The number of benzene rings is 3. The van der Waals surface area contributed by atoms with Gasteiger partial charge in [0, 0.05) is 17.4 Å². The molecule has 38 heavy (non-hydrogen) atoms. The van der Waals surface area contributed by atoms with Crippen molar-refractivity contribution in [1.29, 1.82) is 0 Å². The maximum atomic E-state index is 13.4. The molecule has 3 aromatic carbocycles. The van der Waals surface area contributed by atoms with Crippen molar-refractivity contribution >= 4 is 32.6 Å². The average molecular weight is 530 g/mol. The predicted molar refractivity (Wildman–Crippen MR) is 145 cm³/mol. The first-order chi connectivity index (χ1) is 18.3. The van der Waals surface area contributed by atoms with E-state index in [9.17, 15) is 13.2 Å². The molecule has 0 radical (unpaired) electrons. The summed E-state index contributed by atoms with van der Waals surface area (Å²) in [5, 5.41) is 0.317. The number of methoxy groups -OCH3 is 2. The van der Waals surface area contributed by atoms with Gasteiger partial charge in [-0.3, -0.25) is 9.52 Å². The lowest BCUT2D eigenvalue weighted by Gasteiger charge is -2.13. The van der Waals surface area contributed by atoms with Crippen molar-refractivity contribution in [3.63, 3.8) is 0 Å². The molecule has 0 saturated heterocycles. The second-order valence-corrected chi connectivity index (χ2v) is 9.89. The highest BCUT2D eigenvalue weighted by atomic mass is 32.2. The van der Waals surface area contributed by atoms with Gasteiger partial charge in [-0.1, -0.05) is 24.3 Å². The highest BCUT2D eigenvalue weighted by molar-refractivity contribution is 7.92. The van der Waals surface area contributed by atoms with Crippen LogP contribution in [-0.4, -0.2) is 37.2 Å². The van der Waals surface area contributed by atoms with Gasteiger partial charge in [0.2, 0.25) is 11.8 Å². The lowest BCUT2D eigenvalue weighted by molar-refractivity contribution is 0.385. The minimum absolute atomic E-state index is 0.0607. The number of aromatic nitrogens is 3. The number of sulfonamides is 1. The predicted octanol–water partition coefficient (Wildman–Crippen LogP) is 3.85. The zero-order chi connectivity index (χ0) is 26.9. The summed E-state index contributed by atoms with van der Waals surface area (Å²) in [6.45, 7) is 0. The molecule has 2 heterocycles. The van der Waals surface area contributed by atoms with Gasteiger partial charge in [-0.25, -0.2) is 23.0 Å². The van der Waals surface area contributed by atoms with Crippen molar-refractivity contribution in [2.75, 3.05) is 24.7 Å². The zero-order valence-corrected chi connectivity index (χ0v) is 21.3. The summed E-state index contributed by atoms with van der Waals surface area (Å²) in [6, 6.07) is 21.9. The monoisotopic (exact) mass is 529 g/mol. The smallest absolute Gasteiger partial charge is 0.267 e. The highest BCUT2D eigenvalue weighted by Gasteiger charge is 2.22. The van der Waals surface area contributed by atoms with Gasteiger partial charge in [0.1, 0.15) is 10.6 Å². The van der Waals surface area contributed by atoms with Crippen LogP contribution in [0.25, 0.3) is 27.7 Å². The minimum Gasteiger partial charge on any atom is -0.497 e. The highest BCUT2D eigenvalue weighted by Crippen LogP contribution is 2.30. The van der Waals surface area contributed by atoms with Crippen LogP contribution in [0.15, 0.2) is 94.7 Å². The molecule has 11 heteroatoms. The molecule has 5 aromatic rings. The van der Waals surface area contributed by atoms with Crippen LogP contribution in [0.4, 0.5) is 11.6 Å². The van der Waals surface area contributed by atoms with Gasteiger partial charge in [0.15, 0.2) is 0 Å². The molecule has 3 N–H and O–H groups in total. The van der Waals surface area contributed by atoms with E-state index in [1.807, 2.05) is 6.07 Å². The Labute approximate surface area is 218 Å². The molecule has 0 amide bonds. The molecule has 0 spiro atoms. The van der Waals surface area contributed by atoms with Crippen molar-refractivity contribution in [3.8, 4) is 28.4 Å². The molecule has 0 atom stereocenters. The SMILES string of the molecule is COc1ccc(NS(=O)(=O)c2cc(-c3ccc4nc(N)n(-c5ccccc5)c(=O)c4c3)cnc2OC)cc1. The van der Waals surface area contributed by atoms with Crippen LogP contribution in [0.1, 0.15) is 0 Å². The largest absolute Gasteiger partial charge is 0.497 e. The molecule has 0 aliphatic heterocycles. The zero-order valence-electron chi connectivity index (χ0n) is 20.5. The molecule has 2 aromatic heterocycles. The van der Waals surface area contributed by atoms with E-state index in [4.69, 9.17) is 15.2 Å². The summed E-state index contributed by atoms with van der Waals surface area (Å²) in [7, 11) is -1.21. The van der Waals surface area contributed by atoms with Gasteiger partial charge in [0.05, 0.1) is 30.8 Å². The van der Waals surface area contributed by atoms with Crippen LogP contribution in [-0.2, 0) is 10.0 Å². The third-order valence-corrected chi connectivity index (χ3v) is 7.26. The molecule has 0 unspecified atom stereocenters. The van der Waals surface area contributed by atoms with Crippen LogP contribution in [0.5, 0.6) is 11.6 Å². The summed E-state index contributed by atoms with van der Waals surface area (Å²) in [6.07, 6.45) is 1.48. The van der Waals surface area contributed by atoms with Gasteiger partial charge in [-0.15, -0.1) is 0 Å². The number of nitrogen functional groups attached to an aromatic ring is 1. The number of para-hydroxylation sites is 1. The number of rotatable bonds is 7. The number of pyridine rings is 1. The first kappa shape index (κ1) is 24.8. The lowest BCUT2D eigenvalue weighted by atomic mass is 10.1. The van der Waals surface area contributed by atoms with Gasteiger partial charge < -0.3 is 15.2 Å². The number of nitrogens with zero attached hydrogens (tertiary/aromatic N) is 3. The van der Waals surface area contributed by atoms with E-state index < -0.39 is 10.0 Å². The van der Waals surface area contributed by atoms with E-state index in [2.05, 4.69) is 14.7 Å². The van der Waals surface area contributed by atoms with Crippen LogP contribution in [0.3, 0.4) is 0 Å². The number of hydrogen-bond acceptors (Lipinski definition) is 8. The standard InChI is InChI=1S/C27H23N5O5S/c1-36-21-11-9-19(10-12-21)31-38(34,35)24-15-18(16-29-25(24)37-2)17-8-13-23-22(14-17)26(33)32(27(28)30-23)20-6-4-3-5-7-20/h3-16,31H,1-2H3,(H2,28,30). The van der Waals surface area contributed by atoms with Crippen LogP contribution in [0, 0.1) is 0 Å². The second-order valence-electron chi connectivity index (χ2n) is 8.24. The summed E-state index contributed by atoms with van der Waals surface area (Å²) in [5.41, 5.74) is 8.11. The van der Waals surface area contributed by atoms with Crippen LogP contribution < -0.4 is 25.5 Å². The van der Waals surface area contributed by atoms with Crippen molar-refractivity contribution in [2.45, 2.75) is 4.90 Å². The topological polar surface area (TPSA) is 138 Å². The normalized spacial score (nSPS) is 11.3. The Bertz CT molecular complexity index is 1800. The molecule has 5 rings (SSSR count). The van der Waals surface area contributed by atoms with Crippen molar-refractivity contribution in [3.05, 3.63) is 95.4 Å². The fraction of sp³-hybridized carbons (Fsp3) is 0.0741. The Hall–Kier alpha value is -4.90. The molecule has 0 bridgehead atoms. The molecule has 0 saturated carbocycles. The van der Waals surface area contributed by atoms with Gasteiger partial charge in [-0.05, 0) is 60.2 Å². The number of hydrogen-bond donors (Lipinski definition) is 2. The number of nitrogens with one attached hydrogen (secondary N) is 1. The first-order valence-corrected chi connectivity index (χ1v) is 12.9. The van der Waals surface area contributed by atoms with Gasteiger partial charge in [-0.2, -0.15) is 0 Å². The van der Waals surface area contributed by atoms with E-state index in [1.165, 1.54) is 31.0 Å². The molecule has 192 valence electrons. The fourth-order valence-corrected chi connectivity index (χ4v) is 5.22. The van der Waals surface area contributed by atoms with E-state index >= 15 is 0 Å². The number of fused-ring (bicyclic) bond motifs is 1. The molecule has 10 nitrogen and oxygen atoms in total. The second kappa shape index (κ2) is 9.87. The summed E-state index contributed by atoms with van der Waals surface area (Å²) >= 11 is 0. The van der Waals surface area contributed by atoms with E-state index in [1.54, 1.807) is 66.7 Å².